The van der Waals surface area contributed by atoms with Crippen molar-refractivity contribution in [2.24, 2.45) is 22.4 Å². The Balaban J connectivity index is 1.88. The summed E-state index contributed by atoms with van der Waals surface area (Å²) in [6.45, 7) is 8.56. The summed E-state index contributed by atoms with van der Waals surface area (Å²) in [5.74, 6) is -1.98. The molecule has 1 aromatic heterocycles. The second-order valence-electron chi connectivity index (χ2n) is 11.2. The molecule has 1 aromatic rings. The van der Waals surface area contributed by atoms with Crippen molar-refractivity contribution < 1.29 is 29.3 Å². The smallest absolute Gasteiger partial charge is 0.309 e. The van der Waals surface area contributed by atoms with Gasteiger partial charge in [0.2, 0.25) is 0 Å². The maximum atomic E-state index is 13.3. The fourth-order valence-electron chi connectivity index (χ4n) is 5.11. The zero-order valence-corrected chi connectivity index (χ0v) is 23.8. The summed E-state index contributed by atoms with van der Waals surface area (Å²) in [6, 6.07) is 2.27. The summed E-state index contributed by atoms with van der Waals surface area (Å²) in [4.78, 5) is 33.4. The van der Waals surface area contributed by atoms with Crippen molar-refractivity contribution in [3.8, 4) is 6.07 Å². The van der Waals surface area contributed by atoms with Crippen molar-refractivity contribution in [1.29, 1.82) is 5.26 Å². The number of hydrogen-bond acceptors (Lipinski definition) is 10. The second-order valence-corrected chi connectivity index (χ2v) is 12.2. The number of cyclic esters (lactones) is 1. The van der Waals surface area contributed by atoms with Gasteiger partial charge in [0.25, 0.3) is 0 Å². The third kappa shape index (κ3) is 7.24. The van der Waals surface area contributed by atoms with Gasteiger partial charge in [-0.25, -0.2) is 4.98 Å². The van der Waals surface area contributed by atoms with Gasteiger partial charge < -0.3 is 19.7 Å². The summed E-state index contributed by atoms with van der Waals surface area (Å²) < 4.78 is 11.6. The molecule has 2 aliphatic heterocycles. The van der Waals surface area contributed by atoms with Crippen molar-refractivity contribution >= 4 is 29.2 Å². The molecule has 212 valence electrons. The number of aromatic nitrogens is 1. The second kappa shape index (κ2) is 12.6. The van der Waals surface area contributed by atoms with Crippen LogP contribution in [0.3, 0.4) is 0 Å². The van der Waals surface area contributed by atoms with E-state index in [1.807, 2.05) is 6.92 Å². The van der Waals surface area contributed by atoms with E-state index in [9.17, 15) is 25.1 Å². The van der Waals surface area contributed by atoms with E-state index in [0.29, 0.717) is 35.5 Å². The van der Waals surface area contributed by atoms with Gasteiger partial charge in [-0.3, -0.25) is 9.59 Å². The molecule has 0 spiro atoms. The Morgan fingerprint density at radius 1 is 1.38 bits per heavy atom. The van der Waals surface area contributed by atoms with Crippen molar-refractivity contribution in [2.45, 2.75) is 103 Å². The minimum absolute atomic E-state index is 0.133. The highest BCUT2D eigenvalue weighted by molar-refractivity contribution is 7.09. The zero-order valence-electron chi connectivity index (χ0n) is 23.0. The Kier molecular flexibility index (Phi) is 9.91. The standard InChI is InChI=1S/C27H37N5O6S/c1-15-7-6-8-27(14-28)21(38-27)10-19(16(2)9-18-13-39-22(31-18)12-30-32-29)37-23(34)11-20(33)26(4,5)25(36)17(3)24(15)35/h9,13,15,17,19-21,24,33,35H,6-8,10-12H2,1-5H3/t15-,17+,19-,20-,21?,24-,27+/m0/s1. The highest BCUT2D eigenvalue weighted by Crippen LogP contribution is 2.45. The van der Waals surface area contributed by atoms with Crippen LogP contribution in [0.4, 0.5) is 0 Å². The number of nitriles is 1. The number of nitrogens with zero attached hydrogens (tertiary/aromatic N) is 5. The lowest BCUT2D eigenvalue weighted by Gasteiger charge is -2.34. The van der Waals surface area contributed by atoms with Crippen LogP contribution in [0.2, 0.25) is 0 Å². The summed E-state index contributed by atoms with van der Waals surface area (Å²) in [6.07, 6.45) is -0.193. The van der Waals surface area contributed by atoms with Crippen LogP contribution in [0.1, 0.15) is 77.4 Å². The Bertz CT molecular complexity index is 1190. The fraction of sp³-hybridized carbons (Fsp3) is 0.704. The molecule has 3 rings (SSSR count). The van der Waals surface area contributed by atoms with E-state index < -0.39 is 53.7 Å². The van der Waals surface area contributed by atoms with E-state index in [0.717, 1.165) is 0 Å². The van der Waals surface area contributed by atoms with Crippen LogP contribution in [0.25, 0.3) is 16.5 Å². The van der Waals surface area contributed by atoms with Crippen LogP contribution >= 0.6 is 11.3 Å². The van der Waals surface area contributed by atoms with Gasteiger partial charge in [-0.05, 0) is 49.3 Å². The van der Waals surface area contributed by atoms with Gasteiger partial charge in [0.15, 0.2) is 5.60 Å². The van der Waals surface area contributed by atoms with Crippen LogP contribution in [0, 0.1) is 28.6 Å². The van der Waals surface area contributed by atoms with E-state index in [-0.39, 0.29) is 24.7 Å². The average molecular weight is 560 g/mol. The van der Waals surface area contributed by atoms with Gasteiger partial charge in [0.1, 0.15) is 24.1 Å². The summed E-state index contributed by atoms with van der Waals surface area (Å²) >= 11 is 1.34. The number of rotatable bonds is 4. The average Bonchev–Trinajstić information content (AvgIpc) is 3.39. The van der Waals surface area contributed by atoms with Crippen molar-refractivity contribution in [2.75, 3.05) is 0 Å². The molecule has 0 radical (unpaired) electrons. The number of esters is 1. The number of hydrogen-bond donors (Lipinski definition) is 2. The molecule has 12 heteroatoms. The maximum absolute atomic E-state index is 13.3. The number of azide groups is 1. The molecule has 0 aromatic carbocycles. The van der Waals surface area contributed by atoms with Gasteiger partial charge in [-0.1, -0.05) is 32.8 Å². The maximum Gasteiger partial charge on any atom is 0.309 e. The third-order valence-corrected chi connectivity index (χ3v) is 8.83. The molecule has 2 saturated heterocycles. The molecule has 7 atom stereocenters. The first kappa shape index (κ1) is 30.7. The third-order valence-electron chi connectivity index (χ3n) is 7.97. The molecular formula is C27H37N5O6S. The molecule has 1 unspecified atom stereocenters. The predicted molar refractivity (Wildman–Crippen MR) is 144 cm³/mol. The van der Waals surface area contributed by atoms with E-state index in [4.69, 9.17) is 15.0 Å². The van der Waals surface area contributed by atoms with Gasteiger partial charge in [0.05, 0.1) is 41.3 Å². The molecule has 0 bridgehead atoms. The summed E-state index contributed by atoms with van der Waals surface area (Å²) in [5.41, 5.74) is 7.53. The quantitative estimate of drug-likeness (QED) is 0.178. The Hall–Kier alpha value is -2.81. The zero-order chi connectivity index (χ0) is 29.0. The number of thiazole rings is 1. The van der Waals surface area contributed by atoms with Gasteiger partial charge >= 0.3 is 5.97 Å². The number of epoxide rings is 1. The number of ether oxygens (including phenoxy) is 2. The van der Waals surface area contributed by atoms with Gasteiger partial charge in [0, 0.05) is 22.6 Å². The molecule has 2 aliphatic rings. The lowest BCUT2D eigenvalue weighted by atomic mass is 9.73. The molecular weight excluding hydrogens is 522 g/mol. The lowest BCUT2D eigenvalue weighted by Crippen LogP contribution is -2.45. The SMILES string of the molecule is CC(=Cc1csc(CN=[N+]=[N-])n1)[C@@H]1CC2O[C@@]2(C#N)CCC[C@H](C)[C@H](O)[C@@H](C)C(=O)C(C)(C)[C@@H](O)CC(=O)O1. The number of carbonyl (C=O) groups excluding carboxylic acids is 2. The Morgan fingerprint density at radius 2 is 2.10 bits per heavy atom. The topological polar surface area (TPSA) is 182 Å². The minimum atomic E-state index is -1.32. The summed E-state index contributed by atoms with van der Waals surface area (Å²) in [5, 5.41) is 37.6. The first-order chi connectivity index (χ1) is 18.3. The normalized spacial score (nSPS) is 34.3. The largest absolute Gasteiger partial charge is 0.458 e. The molecule has 2 N–H and O–H groups in total. The monoisotopic (exact) mass is 559 g/mol. The highest BCUT2D eigenvalue weighted by Gasteiger charge is 2.57. The first-order valence-corrected chi connectivity index (χ1v) is 14.0. The molecule has 0 saturated carbocycles. The molecule has 39 heavy (non-hydrogen) atoms. The molecule has 0 amide bonds. The van der Waals surface area contributed by atoms with Crippen LogP contribution in [0.5, 0.6) is 0 Å². The first-order valence-electron chi connectivity index (χ1n) is 13.2. The van der Waals surface area contributed by atoms with Gasteiger partial charge in [-0.15, -0.1) is 11.3 Å². The van der Waals surface area contributed by atoms with E-state index in [2.05, 4.69) is 21.1 Å². The van der Waals surface area contributed by atoms with Crippen LogP contribution in [0.15, 0.2) is 16.1 Å². The number of aliphatic hydroxyl groups is 2. The molecule has 3 heterocycles. The van der Waals surface area contributed by atoms with Crippen LogP contribution in [-0.2, 0) is 25.6 Å². The number of aliphatic hydroxyl groups excluding tert-OH is 2. The van der Waals surface area contributed by atoms with E-state index >= 15 is 0 Å². The fourth-order valence-corrected chi connectivity index (χ4v) is 5.78. The number of carbonyl (C=O) groups is 2. The molecule has 11 nitrogen and oxygen atoms in total. The molecule has 0 aliphatic carbocycles. The van der Waals surface area contributed by atoms with Gasteiger partial charge in [-0.2, -0.15) is 5.26 Å². The number of Topliss-reactive ketones (excluding diaryl/α,β-unsaturated/α-hetero) is 1. The molecule has 2 fully saturated rings. The minimum Gasteiger partial charge on any atom is -0.458 e. The Morgan fingerprint density at radius 3 is 2.77 bits per heavy atom. The predicted octanol–water partition coefficient (Wildman–Crippen LogP) is 4.48. The van der Waals surface area contributed by atoms with Crippen LogP contribution in [-0.4, -0.2) is 57.0 Å². The van der Waals surface area contributed by atoms with Crippen LogP contribution < -0.4 is 0 Å². The van der Waals surface area contributed by atoms with Crippen molar-refractivity contribution in [1.82, 2.24) is 4.98 Å². The van der Waals surface area contributed by atoms with Crippen molar-refractivity contribution in [3.63, 3.8) is 0 Å². The van der Waals surface area contributed by atoms with E-state index in [1.54, 1.807) is 39.2 Å². The lowest BCUT2D eigenvalue weighted by molar-refractivity contribution is -0.154. The van der Waals surface area contributed by atoms with Crippen molar-refractivity contribution in [3.05, 3.63) is 32.1 Å². The Labute approximate surface area is 232 Å². The number of ketones is 1. The highest BCUT2D eigenvalue weighted by atomic mass is 32.1. The summed E-state index contributed by atoms with van der Waals surface area (Å²) in [7, 11) is 0. The number of fused-ring (bicyclic) bond motifs is 1. The van der Waals surface area contributed by atoms with E-state index in [1.165, 1.54) is 11.3 Å².